The average Bonchev–Trinajstić information content (AvgIpc) is 3.07. The van der Waals surface area contributed by atoms with Crippen LogP contribution in [0.2, 0.25) is 0 Å². The molecule has 0 unspecified atom stereocenters. The van der Waals surface area contributed by atoms with E-state index in [-0.39, 0.29) is 0 Å². The number of rotatable bonds is 4. The first-order valence-electron chi connectivity index (χ1n) is 5.36. The van der Waals surface area contributed by atoms with Gasteiger partial charge in [0.05, 0.1) is 15.5 Å². The maximum Gasteiger partial charge on any atom is 0.228 e. The SMILES string of the molecule is Brc1cnn(CCc2nc(-c3cccs3)no2)c1. The van der Waals surface area contributed by atoms with Crippen molar-refractivity contribution in [1.29, 1.82) is 0 Å². The van der Waals surface area contributed by atoms with E-state index in [2.05, 4.69) is 31.2 Å². The standard InChI is InChI=1S/C11H9BrN4OS/c12-8-6-13-16(7-8)4-3-10-14-11(15-17-10)9-2-1-5-18-9/h1-2,5-7H,3-4H2. The van der Waals surface area contributed by atoms with Crippen LogP contribution in [0.15, 0.2) is 38.9 Å². The zero-order chi connectivity index (χ0) is 12.4. The Kier molecular flexibility index (Phi) is 3.24. The van der Waals surface area contributed by atoms with Crippen LogP contribution < -0.4 is 0 Å². The van der Waals surface area contributed by atoms with Crippen LogP contribution in [-0.4, -0.2) is 19.9 Å². The third-order valence-electron chi connectivity index (χ3n) is 2.37. The van der Waals surface area contributed by atoms with Gasteiger partial charge in [-0.3, -0.25) is 4.68 Å². The number of aromatic nitrogens is 4. The molecule has 0 fully saturated rings. The van der Waals surface area contributed by atoms with Crippen LogP contribution in [0.3, 0.4) is 0 Å². The van der Waals surface area contributed by atoms with Gasteiger partial charge in [-0.1, -0.05) is 11.2 Å². The summed E-state index contributed by atoms with van der Waals surface area (Å²) < 4.78 is 8.01. The molecule has 0 aromatic carbocycles. The van der Waals surface area contributed by atoms with Gasteiger partial charge in [-0.05, 0) is 27.4 Å². The van der Waals surface area contributed by atoms with E-state index in [1.165, 1.54) is 0 Å². The fourth-order valence-electron chi connectivity index (χ4n) is 1.53. The van der Waals surface area contributed by atoms with Crippen molar-refractivity contribution in [3.05, 3.63) is 40.3 Å². The highest BCUT2D eigenvalue weighted by molar-refractivity contribution is 9.10. The van der Waals surface area contributed by atoms with Gasteiger partial charge in [0, 0.05) is 19.2 Å². The van der Waals surface area contributed by atoms with E-state index in [4.69, 9.17) is 4.52 Å². The van der Waals surface area contributed by atoms with Gasteiger partial charge in [-0.15, -0.1) is 11.3 Å². The smallest absolute Gasteiger partial charge is 0.228 e. The summed E-state index contributed by atoms with van der Waals surface area (Å²) in [6.45, 7) is 0.720. The van der Waals surface area contributed by atoms with Crippen molar-refractivity contribution in [3.8, 4) is 10.7 Å². The molecule has 0 aliphatic heterocycles. The normalized spacial score (nSPS) is 10.9. The third kappa shape index (κ3) is 2.51. The second kappa shape index (κ2) is 5.03. The number of aryl methyl sites for hydroxylation is 2. The van der Waals surface area contributed by atoms with Crippen LogP contribution in [0.1, 0.15) is 5.89 Å². The highest BCUT2D eigenvalue weighted by Gasteiger charge is 2.09. The van der Waals surface area contributed by atoms with Crippen molar-refractivity contribution < 1.29 is 4.52 Å². The Morgan fingerprint density at radius 2 is 2.39 bits per heavy atom. The summed E-state index contributed by atoms with van der Waals surface area (Å²) in [6.07, 6.45) is 4.34. The highest BCUT2D eigenvalue weighted by Crippen LogP contribution is 2.21. The molecule has 0 aliphatic carbocycles. The number of hydrogen-bond acceptors (Lipinski definition) is 5. The summed E-state index contributed by atoms with van der Waals surface area (Å²) in [7, 11) is 0. The van der Waals surface area contributed by atoms with Crippen LogP contribution in [-0.2, 0) is 13.0 Å². The van der Waals surface area contributed by atoms with Crippen molar-refractivity contribution in [2.45, 2.75) is 13.0 Å². The van der Waals surface area contributed by atoms with E-state index in [9.17, 15) is 0 Å². The molecular weight excluding hydrogens is 316 g/mol. The lowest BCUT2D eigenvalue weighted by Crippen LogP contribution is -2.01. The predicted octanol–water partition coefficient (Wildman–Crippen LogP) is 3.00. The molecule has 18 heavy (non-hydrogen) atoms. The molecule has 0 amide bonds. The van der Waals surface area contributed by atoms with E-state index in [1.54, 1.807) is 17.5 Å². The second-order valence-corrected chi connectivity index (χ2v) is 5.52. The molecule has 0 bridgehead atoms. The summed E-state index contributed by atoms with van der Waals surface area (Å²) in [4.78, 5) is 5.37. The molecule has 3 heterocycles. The van der Waals surface area contributed by atoms with Crippen molar-refractivity contribution in [2.24, 2.45) is 0 Å². The zero-order valence-corrected chi connectivity index (χ0v) is 11.7. The van der Waals surface area contributed by atoms with Gasteiger partial charge in [0.2, 0.25) is 11.7 Å². The molecule has 0 saturated carbocycles. The summed E-state index contributed by atoms with van der Waals surface area (Å²) in [6, 6.07) is 3.95. The maximum atomic E-state index is 5.21. The van der Waals surface area contributed by atoms with Gasteiger partial charge >= 0.3 is 0 Å². The van der Waals surface area contributed by atoms with Gasteiger partial charge in [0.15, 0.2) is 0 Å². The summed E-state index contributed by atoms with van der Waals surface area (Å²) in [5, 5.41) is 10.1. The van der Waals surface area contributed by atoms with E-state index >= 15 is 0 Å². The maximum absolute atomic E-state index is 5.21. The fraction of sp³-hybridized carbons (Fsp3) is 0.182. The number of hydrogen-bond donors (Lipinski definition) is 0. The van der Waals surface area contributed by atoms with Crippen LogP contribution >= 0.6 is 27.3 Å². The monoisotopic (exact) mass is 324 g/mol. The van der Waals surface area contributed by atoms with Gasteiger partial charge < -0.3 is 4.52 Å². The summed E-state index contributed by atoms with van der Waals surface area (Å²) in [5.74, 6) is 1.28. The van der Waals surface area contributed by atoms with E-state index in [0.717, 1.165) is 15.9 Å². The van der Waals surface area contributed by atoms with E-state index in [0.29, 0.717) is 18.1 Å². The predicted molar refractivity (Wildman–Crippen MR) is 71.2 cm³/mol. The first-order chi connectivity index (χ1) is 8.81. The molecule has 92 valence electrons. The van der Waals surface area contributed by atoms with Gasteiger partial charge in [-0.25, -0.2) is 0 Å². The molecule has 0 radical (unpaired) electrons. The Balaban J connectivity index is 1.67. The largest absolute Gasteiger partial charge is 0.339 e. The first kappa shape index (κ1) is 11.6. The number of thiophene rings is 1. The van der Waals surface area contributed by atoms with Gasteiger partial charge in [0.25, 0.3) is 0 Å². The lowest BCUT2D eigenvalue weighted by atomic mass is 10.4. The molecule has 0 atom stereocenters. The molecule has 0 aliphatic rings. The second-order valence-electron chi connectivity index (χ2n) is 3.66. The molecule has 7 heteroatoms. The van der Waals surface area contributed by atoms with Crippen LogP contribution in [0, 0.1) is 0 Å². The molecule has 5 nitrogen and oxygen atoms in total. The first-order valence-corrected chi connectivity index (χ1v) is 7.03. The Morgan fingerprint density at radius 1 is 1.44 bits per heavy atom. The molecule has 0 N–H and O–H groups in total. The Morgan fingerprint density at radius 3 is 3.11 bits per heavy atom. The van der Waals surface area contributed by atoms with Crippen LogP contribution in [0.4, 0.5) is 0 Å². The molecular formula is C11H9BrN4OS. The zero-order valence-electron chi connectivity index (χ0n) is 9.28. The van der Waals surface area contributed by atoms with Crippen molar-refractivity contribution in [2.75, 3.05) is 0 Å². The van der Waals surface area contributed by atoms with Gasteiger partial charge in [-0.2, -0.15) is 10.1 Å². The quantitative estimate of drug-likeness (QED) is 0.740. The lowest BCUT2D eigenvalue weighted by Gasteiger charge is -1.95. The van der Waals surface area contributed by atoms with Crippen molar-refractivity contribution >= 4 is 27.3 Å². The van der Waals surface area contributed by atoms with Gasteiger partial charge in [0.1, 0.15) is 0 Å². The third-order valence-corrected chi connectivity index (χ3v) is 3.64. The molecule has 0 saturated heterocycles. The lowest BCUT2D eigenvalue weighted by molar-refractivity contribution is 0.369. The minimum absolute atomic E-state index is 0.630. The Hall–Kier alpha value is -1.47. The van der Waals surface area contributed by atoms with E-state index in [1.807, 2.05) is 28.4 Å². The van der Waals surface area contributed by atoms with E-state index < -0.39 is 0 Å². The van der Waals surface area contributed by atoms with Crippen molar-refractivity contribution in [1.82, 2.24) is 19.9 Å². The average molecular weight is 325 g/mol. The minimum Gasteiger partial charge on any atom is -0.339 e. The van der Waals surface area contributed by atoms with Crippen LogP contribution in [0.25, 0.3) is 10.7 Å². The summed E-state index contributed by atoms with van der Waals surface area (Å²) >= 11 is 4.95. The molecule has 3 rings (SSSR count). The topological polar surface area (TPSA) is 56.7 Å². The minimum atomic E-state index is 0.630. The summed E-state index contributed by atoms with van der Waals surface area (Å²) in [5.41, 5.74) is 0. The Labute approximate surface area is 116 Å². The molecule has 0 spiro atoms. The molecule has 3 aromatic heterocycles. The Bertz CT molecular complexity index is 631. The van der Waals surface area contributed by atoms with Crippen molar-refractivity contribution in [3.63, 3.8) is 0 Å². The number of nitrogens with zero attached hydrogens (tertiary/aromatic N) is 4. The fourth-order valence-corrected chi connectivity index (χ4v) is 2.51. The molecule has 3 aromatic rings. The highest BCUT2D eigenvalue weighted by atomic mass is 79.9. The van der Waals surface area contributed by atoms with Crippen LogP contribution in [0.5, 0.6) is 0 Å². The number of halogens is 1.